The van der Waals surface area contributed by atoms with Crippen LogP contribution in [0.2, 0.25) is 0 Å². The number of nitrogens with one attached hydrogen (secondary N) is 1. The predicted octanol–water partition coefficient (Wildman–Crippen LogP) is -0.342. The number of aromatic nitrogens is 7. The number of imidazole rings is 2. The molecule has 0 radical (unpaired) electrons. The van der Waals surface area contributed by atoms with Gasteiger partial charge in [0.2, 0.25) is 0 Å². The molecule has 4 aromatic rings. The quantitative estimate of drug-likeness (QED) is 0.172. The van der Waals surface area contributed by atoms with Crippen LogP contribution in [0.15, 0.2) is 36.0 Å². The first-order valence-corrected chi connectivity index (χ1v) is 15.8. The first kappa shape index (κ1) is 29.5. The normalized spacial score (nSPS) is 38.3. The molecule has 23 heteroatoms. The molecule has 2 bridgehead atoms. The third-order valence-corrected chi connectivity index (χ3v) is 9.26. The van der Waals surface area contributed by atoms with Crippen molar-refractivity contribution in [2.75, 3.05) is 18.9 Å². The fourth-order valence-corrected chi connectivity index (χ4v) is 7.16. The van der Waals surface area contributed by atoms with Gasteiger partial charge in [0.05, 0.1) is 37.9 Å². The number of nitrogens with two attached hydrogens (primary N) is 1. The Hall–Kier alpha value is -3.20. The van der Waals surface area contributed by atoms with Crippen LogP contribution in [-0.2, 0) is 36.7 Å². The van der Waals surface area contributed by atoms with Gasteiger partial charge in [0.25, 0.3) is 5.56 Å². The molecule has 0 aromatic carbocycles. The predicted molar refractivity (Wildman–Crippen MR) is 140 cm³/mol. The van der Waals surface area contributed by atoms with E-state index in [1.807, 2.05) is 0 Å². The maximum Gasteiger partial charge on any atom is 0.472 e. The lowest BCUT2D eigenvalue weighted by Crippen LogP contribution is -2.36. The average Bonchev–Trinajstić information content (AvgIpc) is 3.73. The zero-order valence-corrected chi connectivity index (χ0v) is 23.8. The van der Waals surface area contributed by atoms with Gasteiger partial charge in [-0.15, -0.1) is 0 Å². The number of alkyl halides is 1. The maximum absolute atomic E-state index is 15.7. The van der Waals surface area contributed by atoms with Crippen LogP contribution >= 0.6 is 15.6 Å². The molecule has 20 nitrogen and oxygen atoms in total. The first-order valence-electron chi connectivity index (χ1n) is 12.8. The lowest BCUT2D eigenvalue weighted by Gasteiger charge is -2.25. The summed E-state index contributed by atoms with van der Waals surface area (Å²) >= 11 is 0. The van der Waals surface area contributed by atoms with E-state index in [1.54, 1.807) is 0 Å². The molecule has 7 rings (SSSR count). The van der Waals surface area contributed by atoms with Crippen molar-refractivity contribution in [2.45, 2.75) is 49.1 Å². The molecule has 0 aliphatic carbocycles. The van der Waals surface area contributed by atoms with Crippen molar-refractivity contribution in [3.05, 3.63) is 41.6 Å². The summed E-state index contributed by atoms with van der Waals surface area (Å²) in [5, 5.41) is 11.1. The summed E-state index contributed by atoms with van der Waals surface area (Å²) in [5.74, 6) is 0. The molecule has 44 heavy (non-hydrogen) atoms. The Morgan fingerprint density at radius 2 is 1.52 bits per heavy atom. The Morgan fingerprint density at radius 3 is 2.27 bits per heavy atom. The third-order valence-electron chi connectivity index (χ3n) is 7.29. The lowest BCUT2D eigenvalue weighted by atomic mass is 10.1. The van der Waals surface area contributed by atoms with E-state index >= 15 is 4.39 Å². The molecule has 7 heterocycles. The van der Waals surface area contributed by atoms with E-state index in [4.69, 9.17) is 33.3 Å². The summed E-state index contributed by atoms with van der Waals surface area (Å²) in [6.07, 6.45) is -8.73. The number of hydrogen-bond acceptors (Lipinski definition) is 15. The molecule has 0 spiro atoms. The van der Waals surface area contributed by atoms with E-state index in [0.717, 1.165) is 17.2 Å². The van der Waals surface area contributed by atoms with Gasteiger partial charge < -0.3 is 35.1 Å². The Balaban J connectivity index is 1.20. The van der Waals surface area contributed by atoms with Crippen LogP contribution in [0.25, 0.3) is 22.3 Å². The smallest absolute Gasteiger partial charge is 0.397 e. The van der Waals surface area contributed by atoms with Crippen LogP contribution in [0.1, 0.15) is 12.5 Å². The number of H-pyrrole nitrogens is 1. The van der Waals surface area contributed by atoms with Crippen molar-refractivity contribution in [1.82, 2.24) is 34.1 Å². The molecule has 3 fully saturated rings. The van der Waals surface area contributed by atoms with Crippen molar-refractivity contribution >= 4 is 43.7 Å². The molecule has 0 amide bonds. The largest absolute Gasteiger partial charge is 0.472 e. The van der Waals surface area contributed by atoms with Crippen LogP contribution in [0.5, 0.6) is 0 Å². The number of anilines is 1. The molecular formula is C21H23FN8O12P2. The van der Waals surface area contributed by atoms with E-state index in [1.165, 1.54) is 23.2 Å². The summed E-state index contributed by atoms with van der Waals surface area (Å²) < 4.78 is 76.2. The van der Waals surface area contributed by atoms with Crippen LogP contribution < -0.4 is 11.3 Å². The number of aromatic amines is 1. The maximum atomic E-state index is 15.7. The zero-order valence-electron chi connectivity index (χ0n) is 22.0. The van der Waals surface area contributed by atoms with Gasteiger partial charge in [0, 0.05) is 6.20 Å². The number of phosphoric ester groups is 2. The van der Waals surface area contributed by atoms with Crippen LogP contribution in [-0.4, -0.2) is 98.9 Å². The summed E-state index contributed by atoms with van der Waals surface area (Å²) in [6.45, 7) is -1.76. The van der Waals surface area contributed by atoms with E-state index in [-0.39, 0.29) is 28.0 Å². The average molecular weight is 660 g/mol. The highest BCUT2D eigenvalue weighted by Crippen LogP contribution is 2.54. The van der Waals surface area contributed by atoms with Gasteiger partial charge in [-0.3, -0.25) is 32.0 Å². The molecule has 3 saturated heterocycles. The standard InChI is InChI=1S/C21H23FN8O12P2/c22-11-9-3-37-43(33,34)41-15-10(40-20(14(15)31)29-6-27-12-8(23)1-2-24-17(12)29)4-38-44(35,36)42-16(11)21(39-9)30-7-28-13-18(30)25-5-26-19(13)32/h1-2,5-7,9-11,14-16,20-21,31H,3-4H2,(H2,23,24)(H,33,34)(H,35,36)(H,25,26,32)/t9-,10-,11+,14-,15-,16-,20-,21-/m1/s1. The molecule has 10 atom stereocenters. The van der Waals surface area contributed by atoms with Gasteiger partial charge in [-0.25, -0.2) is 33.5 Å². The highest BCUT2D eigenvalue weighted by molar-refractivity contribution is 7.47. The lowest BCUT2D eigenvalue weighted by molar-refractivity contribution is -0.0671. The minimum atomic E-state index is -5.15. The molecule has 2 unspecified atom stereocenters. The zero-order chi connectivity index (χ0) is 31.0. The number of nitrogens with zero attached hydrogens (tertiary/aromatic N) is 6. The minimum absolute atomic E-state index is 0.0717. The number of phosphoric acid groups is 2. The van der Waals surface area contributed by atoms with Gasteiger partial charge in [-0.1, -0.05) is 0 Å². The van der Waals surface area contributed by atoms with Gasteiger partial charge in [0.15, 0.2) is 35.4 Å². The highest BCUT2D eigenvalue weighted by Gasteiger charge is 2.54. The molecular weight excluding hydrogens is 637 g/mol. The van der Waals surface area contributed by atoms with Crippen molar-refractivity contribution in [3.8, 4) is 0 Å². The van der Waals surface area contributed by atoms with E-state index in [0.29, 0.717) is 0 Å². The summed E-state index contributed by atoms with van der Waals surface area (Å²) in [4.78, 5) is 51.8. The number of hydrogen-bond donors (Lipinski definition) is 5. The molecule has 3 aliphatic heterocycles. The second kappa shape index (κ2) is 10.7. The number of rotatable bonds is 2. The number of halogens is 1. The minimum Gasteiger partial charge on any atom is -0.397 e. The number of nitrogen functional groups attached to an aromatic ring is 1. The van der Waals surface area contributed by atoms with E-state index < -0.39 is 83.6 Å². The number of ether oxygens (including phenoxy) is 2. The van der Waals surface area contributed by atoms with E-state index in [9.17, 15) is 28.8 Å². The topological polar surface area (TPSA) is 271 Å². The first-order chi connectivity index (χ1) is 20.9. The van der Waals surface area contributed by atoms with Crippen LogP contribution in [0.4, 0.5) is 10.1 Å². The van der Waals surface area contributed by atoms with Crippen molar-refractivity contribution in [2.24, 2.45) is 0 Å². The van der Waals surface area contributed by atoms with Crippen molar-refractivity contribution in [1.29, 1.82) is 0 Å². The van der Waals surface area contributed by atoms with E-state index in [2.05, 4.69) is 24.9 Å². The number of fused-ring (bicyclic) bond motifs is 5. The molecule has 6 N–H and O–H groups in total. The SMILES string of the molecule is Nc1ccnc2c1ncn2[C@@H]1O[C@@H]2COP(=O)(O)O[C@@H]3[C@@H](F)[C@@H](COP(=O)(O)O[C@H]2[C@H]1O)O[C@H]3n1cnc2c(=O)[nH]cnc21. The van der Waals surface area contributed by atoms with Crippen molar-refractivity contribution < 1.29 is 56.0 Å². The van der Waals surface area contributed by atoms with Crippen molar-refractivity contribution in [3.63, 3.8) is 0 Å². The summed E-state index contributed by atoms with van der Waals surface area (Å²) in [6, 6.07) is 1.51. The molecule has 0 saturated carbocycles. The number of aliphatic hydroxyl groups is 1. The molecule has 4 aromatic heterocycles. The Labute approximate surface area is 243 Å². The fraction of sp³-hybridized carbons (Fsp3) is 0.476. The van der Waals surface area contributed by atoms with Crippen LogP contribution in [0, 0.1) is 0 Å². The second-order valence-corrected chi connectivity index (χ2v) is 12.8. The number of pyridine rings is 1. The van der Waals surface area contributed by atoms with Gasteiger partial charge in [0.1, 0.15) is 36.0 Å². The Bertz CT molecular complexity index is 1890. The second-order valence-electron chi connectivity index (χ2n) is 10.0. The van der Waals surface area contributed by atoms with Crippen LogP contribution in [0.3, 0.4) is 0 Å². The fourth-order valence-electron chi connectivity index (χ4n) is 5.27. The number of aliphatic hydroxyl groups excluding tert-OH is 1. The van der Waals surface area contributed by atoms with Gasteiger partial charge in [-0.2, -0.15) is 0 Å². The third kappa shape index (κ3) is 5.05. The summed E-state index contributed by atoms with van der Waals surface area (Å²) in [5.41, 5.74) is 5.86. The molecule has 3 aliphatic rings. The van der Waals surface area contributed by atoms with Gasteiger partial charge >= 0.3 is 15.6 Å². The molecule has 236 valence electrons. The summed E-state index contributed by atoms with van der Waals surface area (Å²) in [7, 11) is -10.2. The Kier molecular flexibility index (Phi) is 7.18. The van der Waals surface area contributed by atoms with Gasteiger partial charge in [-0.05, 0) is 6.07 Å². The monoisotopic (exact) mass is 660 g/mol. The highest BCUT2D eigenvalue weighted by atomic mass is 31.2. The Morgan fingerprint density at radius 1 is 0.909 bits per heavy atom.